The molecule has 1 N–H and O–H groups in total. The van der Waals surface area contributed by atoms with Crippen LogP contribution in [0.5, 0.6) is 5.75 Å². The van der Waals surface area contributed by atoms with Gasteiger partial charge in [-0.3, -0.25) is 0 Å². The van der Waals surface area contributed by atoms with Crippen LogP contribution in [-0.2, 0) is 4.74 Å². The van der Waals surface area contributed by atoms with E-state index in [4.69, 9.17) is 14.6 Å². The van der Waals surface area contributed by atoms with Gasteiger partial charge in [0.05, 0.1) is 6.10 Å². The monoisotopic (exact) mass is 254 g/mol. The third-order valence-electron chi connectivity index (χ3n) is 2.87. The first-order valence-corrected chi connectivity index (χ1v) is 5.94. The molecular formula is C13H15FO4. The van der Waals surface area contributed by atoms with E-state index < -0.39 is 11.8 Å². The third kappa shape index (κ3) is 3.20. The van der Waals surface area contributed by atoms with Gasteiger partial charge in [-0.1, -0.05) is 0 Å². The van der Waals surface area contributed by atoms with Crippen molar-refractivity contribution in [2.24, 2.45) is 0 Å². The van der Waals surface area contributed by atoms with E-state index in [1.807, 2.05) is 0 Å². The number of hydrogen-bond donors (Lipinski definition) is 1. The summed E-state index contributed by atoms with van der Waals surface area (Å²) in [6.07, 6.45) is 2.96. The second kappa shape index (κ2) is 5.82. The number of benzene rings is 1. The summed E-state index contributed by atoms with van der Waals surface area (Å²) >= 11 is 0. The summed E-state index contributed by atoms with van der Waals surface area (Å²) in [5, 5.41) is 8.96. The maximum atomic E-state index is 13.1. The molecule has 0 amide bonds. The summed E-state index contributed by atoms with van der Waals surface area (Å²) < 4.78 is 23.9. The Morgan fingerprint density at radius 3 is 3.00 bits per heavy atom. The molecular weight excluding hydrogens is 239 g/mol. The standard InChI is InChI=1S/C13H15FO4/c14-9-4-5-11(13(15)16)12(7-9)18-8-10-3-1-2-6-17-10/h4-5,7,10H,1-3,6,8H2,(H,15,16). The Morgan fingerprint density at radius 1 is 1.50 bits per heavy atom. The van der Waals surface area contributed by atoms with Crippen LogP contribution < -0.4 is 4.74 Å². The quantitative estimate of drug-likeness (QED) is 0.896. The van der Waals surface area contributed by atoms with Crippen LogP contribution in [0.15, 0.2) is 18.2 Å². The highest BCUT2D eigenvalue weighted by molar-refractivity contribution is 5.90. The molecule has 98 valence electrons. The lowest BCUT2D eigenvalue weighted by Gasteiger charge is -2.22. The molecule has 1 aromatic carbocycles. The number of hydrogen-bond acceptors (Lipinski definition) is 3. The summed E-state index contributed by atoms with van der Waals surface area (Å²) in [5.41, 5.74) is -0.0350. The maximum Gasteiger partial charge on any atom is 0.339 e. The number of rotatable bonds is 4. The molecule has 1 aliphatic heterocycles. The summed E-state index contributed by atoms with van der Waals surface area (Å²) in [6, 6.07) is 3.40. The fourth-order valence-corrected chi connectivity index (χ4v) is 1.91. The molecule has 1 saturated heterocycles. The van der Waals surface area contributed by atoms with Crippen molar-refractivity contribution in [2.75, 3.05) is 13.2 Å². The highest BCUT2D eigenvalue weighted by Crippen LogP contribution is 2.21. The lowest BCUT2D eigenvalue weighted by molar-refractivity contribution is -0.0113. The van der Waals surface area contributed by atoms with E-state index in [0.717, 1.165) is 31.4 Å². The topological polar surface area (TPSA) is 55.8 Å². The second-order valence-electron chi connectivity index (χ2n) is 4.25. The number of carbonyl (C=O) groups is 1. The maximum absolute atomic E-state index is 13.1. The lowest BCUT2D eigenvalue weighted by Crippen LogP contribution is -2.26. The minimum atomic E-state index is -1.13. The second-order valence-corrected chi connectivity index (χ2v) is 4.25. The van der Waals surface area contributed by atoms with Crippen molar-refractivity contribution in [2.45, 2.75) is 25.4 Å². The fourth-order valence-electron chi connectivity index (χ4n) is 1.91. The molecule has 5 heteroatoms. The lowest BCUT2D eigenvalue weighted by atomic mass is 10.1. The highest BCUT2D eigenvalue weighted by atomic mass is 19.1. The summed E-state index contributed by atoms with van der Waals surface area (Å²) in [4.78, 5) is 11.0. The van der Waals surface area contributed by atoms with E-state index in [1.54, 1.807) is 0 Å². The average molecular weight is 254 g/mol. The summed E-state index contributed by atoms with van der Waals surface area (Å²) in [6.45, 7) is 0.951. The van der Waals surface area contributed by atoms with Crippen LogP contribution in [0.1, 0.15) is 29.6 Å². The molecule has 4 nitrogen and oxygen atoms in total. The normalized spacial score (nSPS) is 19.5. The van der Waals surface area contributed by atoms with E-state index in [2.05, 4.69) is 0 Å². The number of carboxylic acids is 1. The van der Waals surface area contributed by atoms with Crippen molar-refractivity contribution in [3.8, 4) is 5.75 Å². The largest absolute Gasteiger partial charge is 0.490 e. The highest BCUT2D eigenvalue weighted by Gasteiger charge is 2.17. The molecule has 0 radical (unpaired) electrons. The Hall–Kier alpha value is -1.62. The number of carboxylic acid groups (broad SMARTS) is 1. The average Bonchev–Trinajstić information content (AvgIpc) is 2.37. The van der Waals surface area contributed by atoms with Gasteiger partial charge in [0.1, 0.15) is 23.7 Å². The predicted molar refractivity (Wildman–Crippen MR) is 62.4 cm³/mol. The van der Waals surface area contributed by atoms with Gasteiger partial charge in [-0.25, -0.2) is 9.18 Å². The Kier molecular flexibility index (Phi) is 4.15. The van der Waals surface area contributed by atoms with Crippen molar-refractivity contribution >= 4 is 5.97 Å². The molecule has 1 fully saturated rings. The van der Waals surface area contributed by atoms with Crippen molar-refractivity contribution in [1.29, 1.82) is 0 Å². The molecule has 2 rings (SSSR count). The number of aromatic carboxylic acids is 1. The Balaban J connectivity index is 2.03. The first-order chi connectivity index (χ1) is 8.66. The van der Waals surface area contributed by atoms with Crippen LogP contribution in [0.25, 0.3) is 0 Å². The van der Waals surface area contributed by atoms with Crippen LogP contribution in [0.3, 0.4) is 0 Å². The zero-order chi connectivity index (χ0) is 13.0. The van der Waals surface area contributed by atoms with Crippen molar-refractivity contribution < 1.29 is 23.8 Å². The molecule has 0 aromatic heterocycles. The summed E-state index contributed by atoms with van der Waals surface area (Å²) in [5.74, 6) is -1.59. The molecule has 1 heterocycles. The minimum absolute atomic E-state index is 0.0350. The molecule has 0 bridgehead atoms. The zero-order valence-corrected chi connectivity index (χ0v) is 9.89. The van der Waals surface area contributed by atoms with Gasteiger partial charge in [-0.15, -0.1) is 0 Å². The van der Waals surface area contributed by atoms with Crippen LogP contribution in [0.4, 0.5) is 4.39 Å². The first-order valence-electron chi connectivity index (χ1n) is 5.94. The molecule has 1 aromatic rings. The molecule has 18 heavy (non-hydrogen) atoms. The van der Waals surface area contributed by atoms with E-state index >= 15 is 0 Å². The van der Waals surface area contributed by atoms with E-state index in [9.17, 15) is 9.18 Å². The molecule has 1 aliphatic rings. The van der Waals surface area contributed by atoms with Gasteiger partial charge in [0.2, 0.25) is 0 Å². The molecule has 1 unspecified atom stereocenters. The SMILES string of the molecule is O=C(O)c1ccc(F)cc1OCC1CCCCO1. The van der Waals surface area contributed by atoms with Crippen LogP contribution in [-0.4, -0.2) is 30.4 Å². The van der Waals surface area contributed by atoms with Gasteiger partial charge in [0, 0.05) is 12.7 Å². The van der Waals surface area contributed by atoms with E-state index in [1.165, 1.54) is 6.07 Å². The Labute approximate surface area is 104 Å². The Bertz CT molecular complexity index is 427. The van der Waals surface area contributed by atoms with Gasteiger partial charge >= 0.3 is 5.97 Å². The zero-order valence-electron chi connectivity index (χ0n) is 9.89. The first kappa shape index (κ1) is 12.8. The Morgan fingerprint density at radius 2 is 2.33 bits per heavy atom. The van der Waals surface area contributed by atoms with Crippen molar-refractivity contribution in [3.63, 3.8) is 0 Å². The van der Waals surface area contributed by atoms with Crippen molar-refractivity contribution in [1.82, 2.24) is 0 Å². The van der Waals surface area contributed by atoms with Crippen LogP contribution in [0, 0.1) is 5.82 Å². The van der Waals surface area contributed by atoms with Gasteiger partial charge in [0.25, 0.3) is 0 Å². The van der Waals surface area contributed by atoms with Gasteiger partial charge in [-0.05, 0) is 31.4 Å². The fraction of sp³-hybridized carbons (Fsp3) is 0.462. The summed E-state index contributed by atoms with van der Waals surface area (Å²) in [7, 11) is 0. The van der Waals surface area contributed by atoms with Crippen LogP contribution in [0.2, 0.25) is 0 Å². The van der Waals surface area contributed by atoms with Crippen LogP contribution >= 0.6 is 0 Å². The van der Waals surface area contributed by atoms with Gasteiger partial charge < -0.3 is 14.6 Å². The third-order valence-corrected chi connectivity index (χ3v) is 2.87. The van der Waals surface area contributed by atoms with Gasteiger partial charge in [0.15, 0.2) is 0 Å². The number of ether oxygens (including phenoxy) is 2. The predicted octanol–water partition coefficient (Wildman–Crippen LogP) is 2.47. The molecule has 0 spiro atoms. The molecule has 0 saturated carbocycles. The molecule has 0 aliphatic carbocycles. The van der Waals surface area contributed by atoms with Gasteiger partial charge in [-0.2, -0.15) is 0 Å². The molecule has 1 atom stereocenters. The van der Waals surface area contributed by atoms with Crippen molar-refractivity contribution in [3.05, 3.63) is 29.6 Å². The van der Waals surface area contributed by atoms with E-state index in [0.29, 0.717) is 6.61 Å². The smallest absolute Gasteiger partial charge is 0.339 e. The van der Waals surface area contributed by atoms with E-state index in [-0.39, 0.29) is 24.0 Å². The minimum Gasteiger partial charge on any atom is -0.490 e. The number of halogens is 1.